The molecule has 0 bridgehead atoms. The van der Waals surface area contributed by atoms with Gasteiger partial charge in [-0.1, -0.05) is 19.8 Å². The second-order valence-electron chi connectivity index (χ2n) is 6.10. The number of benzene rings is 1. The van der Waals surface area contributed by atoms with Gasteiger partial charge in [0.1, 0.15) is 0 Å². The quantitative estimate of drug-likeness (QED) is 0.624. The molecule has 21 heavy (non-hydrogen) atoms. The van der Waals surface area contributed by atoms with Crippen LogP contribution < -0.4 is 16.2 Å². The van der Waals surface area contributed by atoms with Crippen LogP contribution in [0.2, 0.25) is 0 Å². The summed E-state index contributed by atoms with van der Waals surface area (Å²) in [5.74, 6) is 0.511. The Balaban J connectivity index is 2.31. The molecule has 2 atom stereocenters. The summed E-state index contributed by atoms with van der Waals surface area (Å²) in [6.45, 7) is 2.15. The lowest BCUT2D eigenvalue weighted by molar-refractivity contribution is 0.149. The Hall–Kier alpha value is -1.31. The number of aliphatic hydroxyl groups is 1. The number of primary sulfonamides is 1. The highest BCUT2D eigenvalue weighted by Crippen LogP contribution is 2.35. The highest BCUT2D eigenvalue weighted by Gasteiger charge is 2.34. The molecule has 1 fully saturated rings. The van der Waals surface area contributed by atoms with Crippen molar-refractivity contribution in [3.8, 4) is 0 Å². The van der Waals surface area contributed by atoms with Crippen LogP contribution in [0.1, 0.15) is 32.6 Å². The summed E-state index contributed by atoms with van der Waals surface area (Å²) in [5.41, 5.74) is 6.21. The first-order valence-corrected chi connectivity index (χ1v) is 8.61. The van der Waals surface area contributed by atoms with Crippen molar-refractivity contribution >= 4 is 21.4 Å². The minimum atomic E-state index is -3.81. The van der Waals surface area contributed by atoms with Gasteiger partial charge in [0.2, 0.25) is 10.0 Å². The van der Waals surface area contributed by atoms with Gasteiger partial charge in [0, 0.05) is 11.4 Å². The van der Waals surface area contributed by atoms with E-state index in [1.165, 1.54) is 12.1 Å². The molecule has 0 spiro atoms. The first kappa shape index (κ1) is 16.1. The molecule has 6 nitrogen and oxygen atoms in total. The Kier molecular flexibility index (Phi) is 4.46. The van der Waals surface area contributed by atoms with Gasteiger partial charge in [-0.05, 0) is 37.0 Å². The molecular formula is C14H23N3O3S. The molecule has 1 aliphatic carbocycles. The van der Waals surface area contributed by atoms with Gasteiger partial charge in [-0.15, -0.1) is 0 Å². The van der Waals surface area contributed by atoms with Crippen LogP contribution in [0.4, 0.5) is 11.4 Å². The second kappa shape index (κ2) is 5.82. The summed E-state index contributed by atoms with van der Waals surface area (Å²) < 4.78 is 23.0. The molecule has 6 N–H and O–H groups in total. The highest BCUT2D eigenvalue weighted by atomic mass is 32.2. The van der Waals surface area contributed by atoms with E-state index in [0.29, 0.717) is 17.3 Å². The minimum Gasteiger partial charge on any atom is -0.399 e. The van der Waals surface area contributed by atoms with Crippen LogP contribution in [-0.2, 0) is 10.0 Å². The molecule has 0 saturated heterocycles. The van der Waals surface area contributed by atoms with Crippen LogP contribution >= 0.6 is 0 Å². The molecule has 1 aromatic rings. The van der Waals surface area contributed by atoms with E-state index in [9.17, 15) is 13.5 Å². The van der Waals surface area contributed by atoms with Crippen LogP contribution in [0, 0.1) is 5.92 Å². The molecule has 0 heterocycles. The molecule has 2 rings (SSSR count). The van der Waals surface area contributed by atoms with Gasteiger partial charge < -0.3 is 16.2 Å². The smallest absolute Gasteiger partial charge is 0.238 e. The predicted octanol–water partition coefficient (Wildman–Crippen LogP) is 1.27. The lowest BCUT2D eigenvalue weighted by Crippen LogP contribution is -2.45. The molecule has 0 amide bonds. The topological polar surface area (TPSA) is 118 Å². The largest absolute Gasteiger partial charge is 0.399 e. The number of hydrogen-bond acceptors (Lipinski definition) is 5. The van der Waals surface area contributed by atoms with Crippen molar-refractivity contribution in [2.45, 2.75) is 43.0 Å². The van der Waals surface area contributed by atoms with Crippen LogP contribution in [-0.4, -0.2) is 25.7 Å². The second-order valence-corrected chi connectivity index (χ2v) is 7.66. The maximum Gasteiger partial charge on any atom is 0.238 e. The molecule has 2 unspecified atom stereocenters. The fraction of sp³-hybridized carbons (Fsp3) is 0.571. The average molecular weight is 313 g/mol. The molecule has 1 saturated carbocycles. The van der Waals surface area contributed by atoms with Crippen molar-refractivity contribution in [2.75, 3.05) is 17.7 Å². The Bertz CT molecular complexity index is 618. The maximum absolute atomic E-state index is 11.5. The van der Waals surface area contributed by atoms with E-state index in [1.54, 1.807) is 6.07 Å². The van der Waals surface area contributed by atoms with Gasteiger partial charge in [-0.25, -0.2) is 13.6 Å². The van der Waals surface area contributed by atoms with Crippen molar-refractivity contribution in [1.82, 2.24) is 0 Å². The van der Waals surface area contributed by atoms with Crippen LogP contribution in [0.25, 0.3) is 0 Å². The zero-order valence-corrected chi connectivity index (χ0v) is 13.0. The van der Waals surface area contributed by atoms with Crippen molar-refractivity contribution in [1.29, 1.82) is 0 Å². The number of nitrogens with one attached hydrogen (secondary N) is 1. The monoisotopic (exact) mass is 313 g/mol. The Morgan fingerprint density at radius 1 is 1.43 bits per heavy atom. The number of sulfonamides is 1. The van der Waals surface area contributed by atoms with Crippen molar-refractivity contribution < 1.29 is 13.5 Å². The van der Waals surface area contributed by atoms with Gasteiger partial charge in [-0.2, -0.15) is 0 Å². The fourth-order valence-electron chi connectivity index (χ4n) is 3.12. The number of rotatable bonds is 4. The van der Waals surface area contributed by atoms with Gasteiger partial charge in [0.25, 0.3) is 0 Å². The molecule has 0 aliphatic heterocycles. The van der Waals surface area contributed by atoms with Crippen molar-refractivity contribution in [2.24, 2.45) is 11.1 Å². The molecule has 1 aliphatic rings. The zero-order valence-electron chi connectivity index (χ0n) is 12.2. The lowest BCUT2D eigenvalue weighted by Gasteiger charge is -2.40. The molecule has 7 heteroatoms. The van der Waals surface area contributed by atoms with E-state index in [4.69, 9.17) is 10.9 Å². The van der Waals surface area contributed by atoms with Crippen molar-refractivity contribution in [3.05, 3.63) is 18.2 Å². The number of nitrogens with two attached hydrogens (primary N) is 2. The summed E-state index contributed by atoms with van der Waals surface area (Å²) in [6, 6.07) is 4.45. The molecule has 0 radical (unpaired) electrons. The number of nitrogen functional groups attached to an aromatic ring is 1. The minimum absolute atomic E-state index is 0.00313. The third kappa shape index (κ3) is 3.87. The van der Waals surface area contributed by atoms with Gasteiger partial charge >= 0.3 is 0 Å². The van der Waals surface area contributed by atoms with Gasteiger partial charge in [-0.3, -0.25) is 0 Å². The number of aliphatic hydroxyl groups excluding tert-OH is 1. The lowest BCUT2D eigenvalue weighted by atomic mass is 9.76. The number of anilines is 2. The molecule has 0 aromatic heterocycles. The van der Waals surface area contributed by atoms with Crippen molar-refractivity contribution in [3.63, 3.8) is 0 Å². The molecule has 118 valence electrons. The Morgan fingerprint density at radius 3 is 2.71 bits per heavy atom. The standard InChI is InChI=1S/C14H23N3O3S/c1-10-3-2-4-14(8-10,9-18)17-12-5-11(15)6-13(7-12)21(16,19)20/h5-7,10,17-18H,2-4,8-9,15H2,1H3,(H2,16,19,20). The Morgan fingerprint density at radius 2 is 2.14 bits per heavy atom. The molecular weight excluding hydrogens is 290 g/mol. The highest BCUT2D eigenvalue weighted by molar-refractivity contribution is 7.89. The van der Waals surface area contributed by atoms with E-state index in [1.807, 2.05) is 0 Å². The normalized spacial score (nSPS) is 26.5. The Labute approximate surface area is 125 Å². The summed E-state index contributed by atoms with van der Waals surface area (Å²) in [4.78, 5) is -0.0260. The zero-order chi connectivity index (χ0) is 15.7. The van der Waals surface area contributed by atoms with Crippen LogP contribution in [0.5, 0.6) is 0 Å². The van der Waals surface area contributed by atoms with E-state index in [-0.39, 0.29) is 11.5 Å². The van der Waals surface area contributed by atoms with Crippen LogP contribution in [0.15, 0.2) is 23.1 Å². The summed E-state index contributed by atoms with van der Waals surface area (Å²) >= 11 is 0. The van der Waals surface area contributed by atoms with E-state index in [0.717, 1.165) is 25.7 Å². The summed E-state index contributed by atoms with van der Waals surface area (Å²) in [6.07, 6.45) is 3.85. The van der Waals surface area contributed by atoms with Gasteiger partial charge in [0.05, 0.1) is 17.0 Å². The van der Waals surface area contributed by atoms with E-state index >= 15 is 0 Å². The molecule has 1 aromatic carbocycles. The third-order valence-electron chi connectivity index (χ3n) is 4.06. The number of hydrogen-bond donors (Lipinski definition) is 4. The predicted molar refractivity (Wildman–Crippen MR) is 83.3 cm³/mol. The SMILES string of the molecule is CC1CCCC(CO)(Nc2cc(N)cc(S(N)(=O)=O)c2)C1. The first-order valence-electron chi connectivity index (χ1n) is 7.06. The third-order valence-corrected chi connectivity index (χ3v) is 4.95. The fourth-order valence-corrected chi connectivity index (χ4v) is 3.71. The van der Waals surface area contributed by atoms with E-state index < -0.39 is 15.6 Å². The van der Waals surface area contributed by atoms with Gasteiger partial charge in [0.15, 0.2) is 0 Å². The van der Waals surface area contributed by atoms with E-state index in [2.05, 4.69) is 12.2 Å². The summed E-state index contributed by atoms with van der Waals surface area (Å²) in [7, 11) is -3.81. The van der Waals surface area contributed by atoms with Crippen LogP contribution in [0.3, 0.4) is 0 Å². The summed E-state index contributed by atoms with van der Waals surface area (Å²) in [5, 5.41) is 18.2. The first-order chi connectivity index (χ1) is 9.74. The maximum atomic E-state index is 11.5. The average Bonchev–Trinajstić information content (AvgIpc) is 2.37.